The Morgan fingerprint density at radius 1 is 0.800 bits per heavy atom. The van der Waals surface area contributed by atoms with E-state index in [1.165, 1.54) is 50.5 Å². The summed E-state index contributed by atoms with van der Waals surface area (Å²) in [6.07, 6.45) is 14.3. The second-order valence-corrected chi connectivity index (χ2v) is 13.7. The Kier molecular flexibility index (Phi) is 15.6. The van der Waals surface area contributed by atoms with Gasteiger partial charge in [0.05, 0.1) is 0 Å². The standard InChI is InChI=1S/C34H51NO4Se/c1-6-8-9-10-11-12-13-14-15-19-24-34(31(36)38-7-2,32(37)39-33(3,4)5)26-29-23-20-25-35-30(29)40-27-28-21-17-16-18-22-28/h16-18,20-23,25H,6-15,19,24,26-27H2,1-5H3. The van der Waals surface area contributed by atoms with Crippen LogP contribution in [0.3, 0.4) is 0 Å². The number of ether oxygens (including phenoxy) is 2. The van der Waals surface area contributed by atoms with Gasteiger partial charge in [0.15, 0.2) is 0 Å². The normalized spacial score (nSPS) is 13.0. The van der Waals surface area contributed by atoms with Gasteiger partial charge in [-0.2, -0.15) is 0 Å². The molecule has 0 aliphatic heterocycles. The summed E-state index contributed by atoms with van der Waals surface area (Å²) in [5.41, 5.74) is 0.101. The molecule has 0 N–H and O–H groups in total. The van der Waals surface area contributed by atoms with Crippen molar-refractivity contribution in [1.82, 2.24) is 4.98 Å². The predicted octanol–water partition coefficient (Wildman–Crippen LogP) is 7.36. The molecule has 0 radical (unpaired) electrons. The number of hydrogen-bond donors (Lipinski definition) is 0. The fourth-order valence-electron chi connectivity index (χ4n) is 4.82. The van der Waals surface area contributed by atoms with Crippen LogP contribution in [-0.2, 0) is 30.8 Å². The molecule has 0 bridgehead atoms. The summed E-state index contributed by atoms with van der Waals surface area (Å²) in [5.74, 6) is -0.967. The Balaban J connectivity index is 2.20. The molecule has 6 heteroatoms. The SMILES string of the molecule is CCCCCCCCCCCCC(Cc1cccnc1[Se]Cc1ccccc1)(C(=O)OCC)C(=O)OC(C)(C)C. The fourth-order valence-corrected chi connectivity index (χ4v) is 6.83. The van der Waals surface area contributed by atoms with Gasteiger partial charge in [-0.05, 0) is 0 Å². The quantitative estimate of drug-likeness (QED) is 0.0715. The molecule has 1 aromatic heterocycles. The molecule has 0 saturated carbocycles. The number of rotatable bonds is 19. The summed E-state index contributed by atoms with van der Waals surface area (Å²) >= 11 is 0.0589. The van der Waals surface area contributed by atoms with E-state index in [0.717, 1.165) is 34.7 Å². The van der Waals surface area contributed by atoms with Crippen LogP contribution in [0.5, 0.6) is 0 Å². The molecule has 1 heterocycles. The molecular weight excluding hydrogens is 565 g/mol. The Morgan fingerprint density at radius 2 is 1.43 bits per heavy atom. The molecule has 0 fully saturated rings. The number of hydrogen-bond acceptors (Lipinski definition) is 5. The van der Waals surface area contributed by atoms with E-state index in [0.29, 0.717) is 6.42 Å². The Labute approximate surface area is 249 Å². The fraction of sp³-hybridized carbons (Fsp3) is 0.618. The van der Waals surface area contributed by atoms with Crippen LogP contribution in [0.2, 0.25) is 0 Å². The van der Waals surface area contributed by atoms with E-state index in [9.17, 15) is 9.59 Å². The van der Waals surface area contributed by atoms with Crippen LogP contribution in [0, 0.1) is 5.41 Å². The molecule has 2 aromatic rings. The van der Waals surface area contributed by atoms with Crippen LogP contribution >= 0.6 is 0 Å². The number of benzene rings is 1. The molecule has 0 aliphatic carbocycles. The van der Waals surface area contributed by atoms with Gasteiger partial charge in [-0.1, -0.05) is 26.2 Å². The van der Waals surface area contributed by atoms with Crippen molar-refractivity contribution in [2.24, 2.45) is 5.41 Å². The maximum atomic E-state index is 13.8. The minimum atomic E-state index is -1.38. The van der Waals surface area contributed by atoms with Gasteiger partial charge in [-0.3, -0.25) is 0 Å². The monoisotopic (exact) mass is 617 g/mol. The molecular formula is C34H51NO4Se. The van der Waals surface area contributed by atoms with Crippen molar-refractivity contribution in [3.8, 4) is 0 Å². The third-order valence-electron chi connectivity index (χ3n) is 6.97. The summed E-state index contributed by atoms with van der Waals surface area (Å²) in [6, 6.07) is 14.3. The van der Waals surface area contributed by atoms with Crippen molar-refractivity contribution >= 4 is 31.5 Å². The summed E-state index contributed by atoms with van der Waals surface area (Å²) < 4.78 is 12.4. The van der Waals surface area contributed by atoms with Crippen LogP contribution in [0.15, 0.2) is 48.7 Å². The van der Waals surface area contributed by atoms with Gasteiger partial charge in [0.25, 0.3) is 0 Å². The maximum absolute atomic E-state index is 13.8. The zero-order valence-electron chi connectivity index (χ0n) is 25.5. The van der Waals surface area contributed by atoms with Gasteiger partial charge < -0.3 is 0 Å². The first-order valence-electron chi connectivity index (χ1n) is 15.2. The van der Waals surface area contributed by atoms with E-state index in [2.05, 4.69) is 19.1 Å². The van der Waals surface area contributed by atoms with Crippen LogP contribution in [0.1, 0.15) is 116 Å². The summed E-state index contributed by atoms with van der Waals surface area (Å²) in [4.78, 5) is 32.2. The van der Waals surface area contributed by atoms with E-state index in [1.807, 2.05) is 51.1 Å². The Hall–Kier alpha value is -2.17. The predicted molar refractivity (Wildman–Crippen MR) is 165 cm³/mol. The zero-order chi connectivity index (χ0) is 29.3. The second kappa shape index (κ2) is 18.3. The van der Waals surface area contributed by atoms with Crippen molar-refractivity contribution in [2.75, 3.05) is 6.61 Å². The Morgan fingerprint density at radius 3 is 2.02 bits per heavy atom. The van der Waals surface area contributed by atoms with E-state index >= 15 is 0 Å². The third-order valence-corrected chi connectivity index (χ3v) is 9.32. The third kappa shape index (κ3) is 12.1. The number of nitrogens with zero attached hydrogens (tertiary/aromatic N) is 1. The molecule has 0 saturated heterocycles. The van der Waals surface area contributed by atoms with Crippen LogP contribution in [-0.4, -0.2) is 44.1 Å². The minimum absolute atomic E-state index is 0.0589. The molecule has 0 spiro atoms. The topological polar surface area (TPSA) is 65.5 Å². The average Bonchev–Trinajstić information content (AvgIpc) is 2.92. The molecule has 5 nitrogen and oxygen atoms in total. The first-order valence-corrected chi connectivity index (χ1v) is 17.3. The van der Waals surface area contributed by atoms with E-state index < -0.39 is 23.0 Å². The van der Waals surface area contributed by atoms with Crippen molar-refractivity contribution in [3.63, 3.8) is 0 Å². The second-order valence-electron chi connectivity index (χ2n) is 11.7. The number of esters is 2. The molecule has 1 aromatic carbocycles. The first kappa shape index (κ1) is 34.0. The van der Waals surface area contributed by atoms with Gasteiger partial charge in [0.2, 0.25) is 0 Å². The molecule has 0 aliphatic rings. The van der Waals surface area contributed by atoms with Crippen molar-refractivity contribution in [3.05, 3.63) is 59.8 Å². The van der Waals surface area contributed by atoms with Crippen molar-refractivity contribution < 1.29 is 19.1 Å². The summed E-state index contributed by atoms with van der Waals surface area (Å²) in [6.45, 7) is 9.80. The van der Waals surface area contributed by atoms with Crippen molar-refractivity contribution in [1.29, 1.82) is 0 Å². The van der Waals surface area contributed by atoms with Crippen LogP contribution in [0.4, 0.5) is 0 Å². The summed E-state index contributed by atoms with van der Waals surface area (Å²) in [7, 11) is 0. The average molecular weight is 617 g/mol. The molecule has 222 valence electrons. The number of carbonyl (C=O) groups excluding carboxylic acids is 2. The van der Waals surface area contributed by atoms with E-state index in [4.69, 9.17) is 14.5 Å². The number of aromatic nitrogens is 1. The van der Waals surface area contributed by atoms with E-state index in [-0.39, 0.29) is 28.0 Å². The molecule has 1 unspecified atom stereocenters. The van der Waals surface area contributed by atoms with Gasteiger partial charge in [0.1, 0.15) is 0 Å². The van der Waals surface area contributed by atoms with Gasteiger partial charge >= 0.3 is 224 Å². The van der Waals surface area contributed by atoms with Gasteiger partial charge in [-0.25, -0.2) is 0 Å². The number of carbonyl (C=O) groups is 2. The van der Waals surface area contributed by atoms with Gasteiger partial charge in [0, 0.05) is 0 Å². The van der Waals surface area contributed by atoms with Crippen molar-refractivity contribution in [2.45, 2.75) is 123 Å². The zero-order valence-corrected chi connectivity index (χ0v) is 27.2. The number of unbranched alkanes of at least 4 members (excludes halogenated alkanes) is 9. The molecule has 0 amide bonds. The van der Waals surface area contributed by atoms with Crippen LogP contribution < -0.4 is 4.59 Å². The first-order chi connectivity index (χ1) is 19.2. The Bertz CT molecular complexity index is 1000. The van der Waals surface area contributed by atoms with Crippen LogP contribution in [0.25, 0.3) is 0 Å². The van der Waals surface area contributed by atoms with E-state index in [1.54, 1.807) is 13.1 Å². The molecule has 2 rings (SSSR count). The molecule has 40 heavy (non-hydrogen) atoms. The van der Waals surface area contributed by atoms with Gasteiger partial charge in [-0.15, -0.1) is 0 Å². The molecule has 1 atom stereocenters. The number of pyridine rings is 1. The summed E-state index contributed by atoms with van der Waals surface area (Å²) in [5, 5.41) is 0.898.